The third kappa shape index (κ3) is 3.96. The average molecular weight is 277 g/mol. The summed E-state index contributed by atoms with van der Waals surface area (Å²) < 4.78 is 5.07. The Morgan fingerprint density at radius 2 is 2.05 bits per heavy atom. The number of carbonyl (C=O) groups is 2. The fourth-order valence-corrected chi connectivity index (χ4v) is 2.16. The zero-order valence-corrected chi connectivity index (χ0v) is 11.4. The normalized spacial score (nSPS) is 15.4. The lowest BCUT2D eigenvalue weighted by Crippen LogP contribution is -2.42. The standard InChI is InChI=1S/C14H19N3O3/c1-20-12-4-2-3-11(9-12)16-14(19)17-13(18)10-5-7-15-8-6-10/h2-4,9-10,15H,5-8H2,1H3,(H2,16,17,18,19). The molecule has 1 aromatic rings. The van der Waals surface area contributed by atoms with E-state index in [1.807, 2.05) is 0 Å². The fraction of sp³-hybridized carbons (Fsp3) is 0.429. The Morgan fingerprint density at radius 1 is 1.30 bits per heavy atom. The van der Waals surface area contributed by atoms with Gasteiger partial charge in [0.05, 0.1) is 7.11 Å². The van der Waals surface area contributed by atoms with Crippen molar-refractivity contribution in [2.75, 3.05) is 25.5 Å². The molecule has 2 rings (SSSR count). The maximum Gasteiger partial charge on any atom is 0.325 e. The van der Waals surface area contributed by atoms with Crippen LogP contribution in [0.3, 0.4) is 0 Å². The van der Waals surface area contributed by atoms with E-state index in [2.05, 4.69) is 16.0 Å². The number of rotatable bonds is 3. The van der Waals surface area contributed by atoms with Gasteiger partial charge in [0, 0.05) is 17.7 Å². The summed E-state index contributed by atoms with van der Waals surface area (Å²) in [5, 5.41) is 8.18. The third-order valence-electron chi connectivity index (χ3n) is 3.27. The fourth-order valence-electron chi connectivity index (χ4n) is 2.16. The summed E-state index contributed by atoms with van der Waals surface area (Å²) in [6.07, 6.45) is 1.52. The number of ether oxygens (including phenoxy) is 1. The molecule has 3 N–H and O–H groups in total. The molecule has 0 saturated carbocycles. The molecule has 0 radical (unpaired) electrons. The molecule has 1 saturated heterocycles. The Balaban J connectivity index is 1.86. The van der Waals surface area contributed by atoms with Gasteiger partial charge in [-0.05, 0) is 38.1 Å². The first-order valence-electron chi connectivity index (χ1n) is 6.65. The highest BCUT2D eigenvalue weighted by Crippen LogP contribution is 2.16. The second kappa shape index (κ2) is 6.91. The minimum absolute atomic E-state index is 0.0905. The molecule has 0 spiro atoms. The topological polar surface area (TPSA) is 79.5 Å². The SMILES string of the molecule is COc1cccc(NC(=O)NC(=O)C2CCNCC2)c1. The molecule has 108 valence electrons. The van der Waals surface area contributed by atoms with Crippen molar-refractivity contribution in [1.82, 2.24) is 10.6 Å². The number of benzene rings is 1. The summed E-state index contributed by atoms with van der Waals surface area (Å²) >= 11 is 0. The second-order valence-electron chi connectivity index (χ2n) is 4.70. The smallest absolute Gasteiger partial charge is 0.325 e. The van der Waals surface area contributed by atoms with Crippen molar-refractivity contribution in [3.05, 3.63) is 24.3 Å². The van der Waals surface area contributed by atoms with Crippen molar-refractivity contribution < 1.29 is 14.3 Å². The van der Waals surface area contributed by atoms with Gasteiger partial charge in [-0.3, -0.25) is 10.1 Å². The molecule has 1 aliphatic rings. The Morgan fingerprint density at radius 3 is 2.75 bits per heavy atom. The van der Waals surface area contributed by atoms with Gasteiger partial charge in [-0.15, -0.1) is 0 Å². The second-order valence-corrected chi connectivity index (χ2v) is 4.70. The van der Waals surface area contributed by atoms with Crippen LogP contribution in [0.5, 0.6) is 5.75 Å². The van der Waals surface area contributed by atoms with Crippen LogP contribution in [0, 0.1) is 5.92 Å². The summed E-state index contributed by atoms with van der Waals surface area (Å²) in [7, 11) is 1.56. The van der Waals surface area contributed by atoms with Crippen LogP contribution in [-0.4, -0.2) is 32.1 Å². The number of hydrogen-bond acceptors (Lipinski definition) is 4. The summed E-state index contributed by atoms with van der Waals surface area (Å²) in [5.74, 6) is 0.340. The van der Waals surface area contributed by atoms with E-state index in [0.717, 1.165) is 25.9 Å². The molecule has 3 amide bonds. The lowest BCUT2D eigenvalue weighted by atomic mass is 9.97. The molecule has 0 unspecified atom stereocenters. The van der Waals surface area contributed by atoms with Gasteiger partial charge in [0.25, 0.3) is 0 Å². The lowest BCUT2D eigenvalue weighted by molar-refractivity contribution is -0.124. The van der Waals surface area contributed by atoms with Crippen LogP contribution in [0.2, 0.25) is 0 Å². The van der Waals surface area contributed by atoms with E-state index in [1.165, 1.54) is 0 Å². The van der Waals surface area contributed by atoms with Gasteiger partial charge >= 0.3 is 6.03 Å². The molecule has 1 aromatic carbocycles. The van der Waals surface area contributed by atoms with Crippen LogP contribution in [-0.2, 0) is 4.79 Å². The van der Waals surface area contributed by atoms with Crippen LogP contribution < -0.4 is 20.7 Å². The monoisotopic (exact) mass is 277 g/mol. The zero-order valence-electron chi connectivity index (χ0n) is 11.4. The maximum atomic E-state index is 11.9. The molecule has 6 nitrogen and oxygen atoms in total. The first kappa shape index (κ1) is 14.3. The van der Waals surface area contributed by atoms with E-state index in [4.69, 9.17) is 4.74 Å². The Hall–Kier alpha value is -2.08. The quantitative estimate of drug-likeness (QED) is 0.779. The molecule has 1 fully saturated rings. The van der Waals surface area contributed by atoms with Crippen molar-refractivity contribution in [3.63, 3.8) is 0 Å². The molecular weight excluding hydrogens is 258 g/mol. The zero-order chi connectivity index (χ0) is 14.4. The van der Waals surface area contributed by atoms with Gasteiger partial charge in [-0.1, -0.05) is 6.07 Å². The van der Waals surface area contributed by atoms with Crippen molar-refractivity contribution in [1.29, 1.82) is 0 Å². The minimum atomic E-state index is -0.512. The van der Waals surface area contributed by atoms with Crippen molar-refractivity contribution in [2.45, 2.75) is 12.8 Å². The van der Waals surface area contributed by atoms with Gasteiger partial charge in [0.15, 0.2) is 0 Å². The predicted molar refractivity (Wildman–Crippen MR) is 75.7 cm³/mol. The van der Waals surface area contributed by atoms with Gasteiger partial charge in [-0.25, -0.2) is 4.79 Å². The number of anilines is 1. The Labute approximate surface area is 117 Å². The molecule has 0 aromatic heterocycles. The largest absolute Gasteiger partial charge is 0.497 e. The highest BCUT2D eigenvalue weighted by atomic mass is 16.5. The van der Waals surface area contributed by atoms with E-state index in [-0.39, 0.29) is 11.8 Å². The average Bonchev–Trinajstić information content (AvgIpc) is 2.48. The molecule has 6 heteroatoms. The molecule has 1 heterocycles. The van der Waals surface area contributed by atoms with E-state index in [1.54, 1.807) is 31.4 Å². The number of nitrogens with one attached hydrogen (secondary N) is 3. The van der Waals surface area contributed by atoms with E-state index < -0.39 is 6.03 Å². The summed E-state index contributed by atoms with van der Waals surface area (Å²) in [4.78, 5) is 23.7. The van der Waals surface area contributed by atoms with Crippen LogP contribution in [0.4, 0.5) is 10.5 Å². The molecule has 0 atom stereocenters. The van der Waals surface area contributed by atoms with E-state index in [0.29, 0.717) is 11.4 Å². The van der Waals surface area contributed by atoms with Gasteiger partial charge in [-0.2, -0.15) is 0 Å². The number of piperidine rings is 1. The molecule has 0 aliphatic carbocycles. The highest BCUT2D eigenvalue weighted by Gasteiger charge is 2.22. The number of imide groups is 1. The summed E-state index contributed by atoms with van der Waals surface area (Å²) in [6.45, 7) is 1.63. The van der Waals surface area contributed by atoms with Crippen LogP contribution >= 0.6 is 0 Å². The Bertz CT molecular complexity index is 484. The number of carbonyl (C=O) groups excluding carboxylic acids is 2. The van der Waals surface area contributed by atoms with Gasteiger partial charge in [0.1, 0.15) is 5.75 Å². The maximum absolute atomic E-state index is 11.9. The lowest BCUT2D eigenvalue weighted by Gasteiger charge is -2.21. The van der Waals surface area contributed by atoms with Gasteiger partial charge in [0.2, 0.25) is 5.91 Å². The number of amides is 3. The number of urea groups is 1. The Kier molecular flexibility index (Phi) is 4.95. The predicted octanol–water partition coefficient (Wildman–Crippen LogP) is 1.34. The van der Waals surface area contributed by atoms with Gasteiger partial charge < -0.3 is 15.4 Å². The molecule has 1 aliphatic heterocycles. The van der Waals surface area contributed by atoms with Crippen LogP contribution in [0.1, 0.15) is 12.8 Å². The van der Waals surface area contributed by atoms with Crippen molar-refractivity contribution in [2.24, 2.45) is 5.92 Å². The molecular formula is C14H19N3O3. The van der Waals surface area contributed by atoms with Crippen LogP contribution in [0.15, 0.2) is 24.3 Å². The molecule has 20 heavy (non-hydrogen) atoms. The number of methoxy groups -OCH3 is 1. The summed E-state index contributed by atoms with van der Waals surface area (Å²) in [5.41, 5.74) is 0.583. The van der Waals surface area contributed by atoms with E-state index in [9.17, 15) is 9.59 Å². The third-order valence-corrected chi connectivity index (χ3v) is 3.27. The van der Waals surface area contributed by atoms with E-state index >= 15 is 0 Å². The van der Waals surface area contributed by atoms with Crippen molar-refractivity contribution >= 4 is 17.6 Å². The number of hydrogen-bond donors (Lipinski definition) is 3. The highest BCUT2D eigenvalue weighted by molar-refractivity contribution is 6.01. The first-order valence-corrected chi connectivity index (χ1v) is 6.65. The first-order chi connectivity index (χ1) is 9.69. The molecule has 0 bridgehead atoms. The minimum Gasteiger partial charge on any atom is -0.497 e. The van der Waals surface area contributed by atoms with Crippen LogP contribution in [0.25, 0.3) is 0 Å². The van der Waals surface area contributed by atoms with Crippen molar-refractivity contribution in [3.8, 4) is 5.75 Å². The summed E-state index contributed by atoms with van der Waals surface area (Å²) in [6, 6.07) is 6.46.